The Morgan fingerprint density at radius 1 is 1.21 bits per heavy atom. The van der Waals surface area contributed by atoms with Gasteiger partial charge in [0.2, 0.25) is 0 Å². The lowest BCUT2D eigenvalue weighted by Crippen LogP contribution is -2.39. The average Bonchev–Trinajstić information content (AvgIpc) is 3.14. The molecule has 7 nitrogen and oxygen atoms in total. The van der Waals surface area contributed by atoms with Gasteiger partial charge in [-0.25, -0.2) is 4.99 Å². The molecule has 0 saturated carbocycles. The van der Waals surface area contributed by atoms with Gasteiger partial charge >= 0.3 is 0 Å². The van der Waals surface area contributed by atoms with E-state index in [2.05, 4.69) is 15.6 Å². The van der Waals surface area contributed by atoms with Crippen LogP contribution in [0.25, 0.3) is 10.1 Å². The Morgan fingerprint density at radius 3 is 2.72 bits per heavy atom. The molecule has 1 unspecified atom stereocenters. The number of benzene rings is 2. The molecule has 0 bridgehead atoms. The Balaban J connectivity index is 0.00000300. The molecular weight excluding hydrogens is 503 g/mol. The number of aliphatic imine (C=N–C) groups is 1. The highest BCUT2D eigenvalue weighted by atomic mass is 127. The number of fused-ring (bicyclic) bond motifs is 1. The van der Waals surface area contributed by atoms with Gasteiger partial charge in [-0.3, -0.25) is 10.1 Å². The molecule has 1 aromatic heterocycles. The van der Waals surface area contributed by atoms with Crippen LogP contribution < -0.4 is 10.6 Å². The van der Waals surface area contributed by atoms with Gasteiger partial charge in [-0.15, -0.1) is 35.3 Å². The lowest BCUT2D eigenvalue weighted by Gasteiger charge is -2.14. The third kappa shape index (κ3) is 6.38. The van der Waals surface area contributed by atoms with E-state index in [9.17, 15) is 15.2 Å². The Hall–Kier alpha value is -2.24. The molecule has 0 aliphatic carbocycles. The first-order valence-corrected chi connectivity index (χ1v) is 9.80. The molecule has 0 aliphatic heterocycles. The van der Waals surface area contributed by atoms with E-state index >= 15 is 0 Å². The van der Waals surface area contributed by atoms with Crippen molar-refractivity contribution in [3.63, 3.8) is 0 Å². The number of non-ortho nitro benzene ring substituents is 1. The molecule has 29 heavy (non-hydrogen) atoms. The molecular formula is C20H23IN4O3S. The van der Waals surface area contributed by atoms with Gasteiger partial charge in [-0.1, -0.05) is 30.3 Å². The maximum Gasteiger partial charge on any atom is 0.269 e. The highest BCUT2D eigenvalue weighted by molar-refractivity contribution is 14.0. The zero-order valence-corrected chi connectivity index (χ0v) is 19.0. The molecule has 0 fully saturated rings. The minimum absolute atomic E-state index is 0. The predicted molar refractivity (Wildman–Crippen MR) is 128 cm³/mol. The molecule has 3 aromatic rings. The number of nitrogens with zero attached hydrogens (tertiary/aromatic N) is 2. The van der Waals surface area contributed by atoms with E-state index in [1.807, 2.05) is 37.3 Å². The summed E-state index contributed by atoms with van der Waals surface area (Å²) in [5, 5.41) is 28.8. The Bertz CT molecular complexity index is 960. The number of rotatable bonds is 7. The van der Waals surface area contributed by atoms with Crippen LogP contribution in [0.15, 0.2) is 59.6 Å². The van der Waals surface area contributed by atoms with E-state index in [1.165, 1.54) is 12.1 Å². The van der Waals surface area contributed by atoms with Crippen LogP contribution >= 0.6 is 35.3 Å². The van der Waals surface area contributed by atoms with Crippen molar-refractivity contribution in [2.24, 2.45) is 4.99 Å². The van der Waals surface area contributed by atoms with Crippen molar-refractivity contribution in [2.75, 3.05) is 13.1 Å². The van der Waals surface area contributed by atoms with Crippen molar-refractivity contribution in [3.05, 3.63) is 75.2 Å². The zero-order chi connectivity index (χ0) is 19.9. The minimum Gasteiger partial charge on any atom is -0.386 e. The molecule has 1 heterocycles. The normalized spacial score (nSPS) is 12.3. The van der Waals surface area contributed by atoms with Crippen molar-refractivity contribution in [3.8, 4) is 0 Å². The maximum absolute atomic E-state index is 10.9. The zero-order valence-electron chi connectivity index (χ0n) is 15.9. The fourth-order valence-corrected chi connectivity index (χ4v) is 3.79. The Morgan fingerprint density at radius 2 is 2.00 bits per heavy atom. The van der Waals surface area contributed by atoms with Gasteiger partial charge < -0.3 is 15.7 Å². The Kier molecular flexibility index (Phi) is 8.80. The lowest BCUT2D eigenvalue weighted by molar-refractivity contribution is -0.384. The topological polar surface area (TPSA) is 99.8 Å². The first-order chi connectivity index (χ1) is 13.6. The van der Waals surface area contributed by atoms with Crippen molar-refractivity contribution in [1.29, 1.82) is 0 Å². The second-order valence-electron chi connectivity index (χ2n) is 6.21. The van der Waals surface area contributed by atoms with Crippen molar-refractivity contribution in [1.82, 2.24) is 10.6 Å². The van der Waals surface area contributed by atoms with E-state index in [-0.39, 0.29) is 29.7 Å². The number of nitro groups is 1. The number of guanidine groups is 1. The Labute approximate surface area is 190 Å². The predicted octanol–water partition coefficient (Wildman–Crippen LogP) is 4.22. The number of thiophene rings is 1. The van der Waals surface area contributed by atoms with E-state index < -0.39 is 11.0 Å². The smallest absolute Gasteiger partial charge is 0.269 e. The van der Waals surface area contributed by atoms with Gasteiger partial charge in [-0.2, -0.15) is 0 Å². The standard InChI is InChI=1S/C20H22N4O3S.HI/c1-2-21-20(22-12-14-6-5-8-16(10-14)24(26)27)23-13-17(25)19-11-15-7-3-4-9-18(15)28-19;/h3-11,17,25H,2,12-13H2,1H3,(H2,21,22,23);1H. The highest BCUT2D eigenvalue weighted by Crippen LogP contribution is 2.29. The number of nitrogens with one attached hydrogen (secondary N) is 2. The number of hydrogen-bond donors (Lipinski definition) is 3. The molecule has 9 heteroatoms. The van der Waals surface area contributed by atoms with Gasteiger partial charge in [0.15, 0.2) is 5.96 Å². The summed E-state index contributed by atoms with van der Waals surface area (Å²) < 4.78 is 1.14. The molecule has 0 aliphatic rings. The van der Waals surface area contributed by atoms with Crippen molar-refractivity contribution < 1.29 is 10.0 Å². The van der Waals surface area contributed by atoms with Crippen molar-refractivity contribution >= 4 is 57.0 Å². The summed E-state index contributed by atoms with van der Waals surface area (Å²) in [7, 11) is 0. The fraction of sp³-hybridized carbons (Fsp3) is 0.250. The van der Waals surface area contributed by atoms with E-state index in [4.69, 9.17) is 0 Å². The molecule has 3 rings (SSSR count). The van der Waals surface area contributed by atoms with Crippen LogP contribution in [-0.4, -0.2) is 29.1 Å². The van der Waals surface area contributed by atoms with Crippen LogP contribution in [0.3, 0.4) is 0 Å². The van der Waals surface area contributed by atoms with Gasteiger partial charge in [0.1, 0.15) is 6.10 Å². The molecule has 0 radical (unpaired) electrons. The molecule has 2 aromatic carbocycles. The lowest BCUT2D eigenvalue weighted by atomic mass is 10.2. The first-order valence-electron chi connectivity index (χ1n) is 8.99. The van der Waals surface area contributed by atoms with E-state index in [1.54, 1.807) is 23.5 Å². The summed E-state index contributed by atoms with van der Waals surface area (Å²) in [4.78, 5) is 15.8. The van der Waals surface area contributed by atoms with Crippen LogP contribution in [0, 0.1) is 10.1 Å². The molecule has 3 N–H and O–H groups in total. The second-order valence-corrected chi connectivity index (χ2v) is 7.32. The number of aliphatic hydroxyl groups is 1. The van der Waals surface area contributed by atoms with Crippen LogP contribution in [0.1, 0.15) is 23.5 Å². The summed E-state index contributed by atoms with van der Waals surface area (Å²) in [5.41, 5.74) is 0.794. The SMILES string of the molecule is CCNC(=NCc1cccc([N+](=O)[O-])c1)NCC(O)c1cc2ccccc2s1.I. The fourth-order valence-electron chi connectivity index (χ4n) is 2.74. The monoisotopic (exact) mass is 526 g/mol. The molecule has 1 atom stereocenters. The molecule has 154 valence electrons. The molecule has 0 amide bonds. The van der Waals surface area contributed by atoms with Crippen LogP contribution in [0.2, 0.25) is 0 Å². The van der Waals surface area contributed by atoms with Crippen LogP contribution in [0.4, 0.5) is 5.69 Å². The van der Waals surface area contributed by atoms with Crippen LogP contribution in [-0.2, 0) is 6.54 Å². The summed E-state index contributed by atoms with van der Waals surface area (Å²) in [6, 6.07) is 16.4. The summed E-state index contributed by atoms with van der Waals surface area (Å²) in [6.45, 7) is 3.23. The van der Waals surface area contributed by atoms with Gasteiger partial charge in [0, 0.05) is 34.8 Å². The first kappa shape index (κ1) is 23.0. The molecule has 0 spiro atoms. The van der Waals surface area contributed by atoms with Gasteiger partial charge in [0.25, 0.3) is 5.69 Å². The third-order valence-corrected chi connectivity index (χ3v) is 5.34. The minimum atomic E-state index is -0.654. The number of hydrogen-bond acceptors (Lipinski definition) is 5. The van der Waals surface area contributed by atoms with Gasteiger partial charge in [0.05, 0.1) is 11.5 Å². The second kappa shape index (κ2) is 11.1. The summed E-state index contributed by atoms with van der Waals surface area (Å²) in [5.74, 6) is 0.550. The summed E-state index contributed by atoms with van der Waals surface area (Å²) >= 11 is 1.57. The maximum atomic E-state index is 10.9. The number of aliphatic hydroxyl groups excluding tert-OH is 1. The highest BCUT2D eigenvalue weighted by Gasteiger charge is 2.12. The van der Waals surface area contributed by atoms with Crippen molar-refractivity contribution in [2.45, 2.75) is 19.6 Å². The third-order valence-electron chi connectivity index (χ3n) is 4.12. The quantitative estimate of drug-likeness (QED) is 0.141. The van der Waals surface area contributed by atoms with Crippen LogP contribution in [0.5, 0.6) is 0 Å². The van der Waals surface area contributed by atoms with Gasteiger partial charge in [-0.05, 0) is 30.0 Å². The number of halogens is 1. The average molecular weight is 526 g/mol. The summed E-state index contributed by atoms with van der Waals surface area (Å²) in [6.07, 6.45) is -0.654. The largest absolute Gasteiger partial charge is 0.386 e. The molecule has 0 saturated heterocycles. The van der Waals surface area contributed by atoms with E-state index in [0.29, 0.717) is 25.6 Å². The van der Waals surface area contributed by atoms with E-state index in [0.717, 1.165) is 20.5 Å². The number of nitro benzene ring substituents is 1.